The van der Waals surface area contributed by atoms with Crippen LogP contribution in [0.2, 0.25) is 0 Å². The molecule has 2 rings (SSSR count). The van der Waals surface area contributed by atoms with Crippen molar-refractivity contribution in [2.75, 3.05) is 19.4 Å². The molecule has 0 saturated carbocycles. The van der Waals surface area contributed by atoms with E-state index in [-0.39, 0.29) is 4.90 Å². The Labute approximate surface area is 112 Å². The van der Waals surface area contributed by atoms with E-state index in [1.54, 1.807) is 12.1 Å². The standard InChI is InChI=1S/C12H16N2O4S/c1-18-12(15)11-6-3-7-14(11)19(16,17)10-5-2-4-9(13)8-10/h2,4-5,8,11H,3,6-7,13H2,1H3/t11-/m1/s1. The molecule has 0 radical (unpaired) electrons. The molecule has 1 aliphatic heterocycles. The van der Waals surface area contributed by atoms with Crippen LogP contribution in [0.3, 0.4) is 0 Å². The monoisotopic (exact) mass is 284 g/mol. The first kappa shape index (κ1) is 13.8. The summed E-state index contributed by atoms with van der Waals surface area (Å²) in [5.74, 6) is -0.523. The number of hydrogen-bond acceptors (Lipinski definition) is 5. The molecule has 0 aliphatic carbocycles. The first-order chi connectivity index (χ1) is 8.96. The number of anilines is 1. The molecule has 7 heteroatoms. The number of esters is 1. The molecule has 0 spiro atoms. The van der Waals surface area contributed by atoms with Crippen LogP contribution in [0.1, 0.15) is 12.8 Å². The molecule has 0 aromatic heterocycles. The Hall–Kier alpha value is -1.60. The largest absolute Gasteiger partial charge is 0.468 e. The highest BCUT2D eigenvalue weighted by Gasteiger charge is 2.40. The van der Waals surface area contributed by atoms with Crippen LogP contribution in [0.4, 0.5) is 5.69 Å². The van der Waals surface area contributed by atoms with E-state index in [2.05, 4.69) is 4.74 Å². The Balaban J connectivity index is 2.36. The van der Waals surface area contributed by atoms with Gasteiger partial charge in [-0.2, -0.15) is 4.31 Å². The second-order valence-electron chi connectivity index (χ2n) is 4.37. The predicted octanol–water partition coefficient (Wildman–Crippen LogP) is 0.595. The van der Waals surface area contributed by atoms with Crippen LogP contribution in [-0.2, 0) is 19.6 Å². The van der Waals surface area contributed by atoms with Crippen LogP contribution in [0, 0.1) is 0 Å². The SMILES string of the molecule is COC(=O)[C@H]1CCCN1S(=O)(=O)c1cccc(N)c1. The third-order valence-electron chi connectivity index (χ3n) is 3.14. The number of nitrogen functional groups attached to an aromatic ring is 1. The zero-order valence-electron chi connectivity index (χ0n) is 10.6. The van der Waals surface area contributed by atoms with Crippen LogP contribution in [0.25, 0.3) is 0 Å². The van der Waals surface area contributed by atoms with Crippen LogP contribution in [0.15, 0.2) is 29.2 Å². The number of carbonyl (C=O) groups is 1. The lowest BCUT2D eigenvalue weighted by Crippen LogP contribution is -2.41. The Morgan fingerprint density at radius 2 is 2.21 bits per heavy atom. The number of methoxy groups -OCH3 is 1. The normalized spacial score (nSPS) is 20.4. The molecule has 1 fully saturated rings. The highest BCUT2D eigenvalue weighted by Crippen LogP contribution is 2.27. The van der Waals surface area contributed by atoms with Gasteiger partial charge < -0.3 is 10.5 Å². The third kappa shape index (κ3) is 2.57. The first-order valence-electron chi connectivity index (χ1n) is 5.92. The summed E-state index contributed by atoms with van der Waals surface area (Å²) in [6.45, 7) is 0.316. The van der Waals surface area contributed by atoms with Gasteiger partial charge in [-0.15, -0.1) is 0 Å². The summed E-state index contributed by atoms with van der Waals surface area (Å²) >= 11 is 0. The highest BCUT2D eigenvalue weighted by molar-refractivity contribution is 7.89. The summed E-state index contributed by atoms with van der Waals surface area (Å²) in [6.07, 6.45) is 1.12. The fourth-order valence-corrected chi connectivity index (χ4v) is 3.91. The quantitative estimate of drug-likeness (QED) is 0.648. The smallest absolute Gasteiger partial charge is 0.324 e. The van der Waals surface area contributed by atoms with Gasteiger partial charge in [-0.3, -0.25) is 4.79 Å². The molecule has 6 nitrogen and oxygen atoms in total. The van der Waals surface area contributed by atoms with Crippen molar-refractivity contribution in [3.63, 3.8) is 0 Å². The third-order valence-corrected chi connectivity index (χ3v) is 5.05. The van der Waals surface area contributed by atoms with Gasteiger partial charge >= 0.3 is 5.97 Å². The molecule has 2 N–H and O–H groups in total. The molecule has 104 valence electrons. The molecule has 0 bridgehead atoms. The van der Waals surface area contributed by atoms with E-state index < -0.39 is 22.0 Å². The fraction of sp³-hybridized carbons (Fsp3) is 0.417. The lowest BCUT2D eigenvalue weighted by atomic mass is 10.2. The van der Waals surface area contributed by atoms with Crippen molar-refractivity contribution >= 4 is 21.7 Å². The van der Waals surface area contributed by atoms with Crippen molar-refractivity contribution in [1.29, 1.82) is 0 Å². The molecular weight excluding hydrogens is 268 g/mol. The van der Waals surface area contributed by atoms with Crippen LogP contribution >= 0.6 is 0 Å². The Kier molecular flexibility index (Phi) is 3.77. The molecule has 0 amide bonds. The second kappa shape index (κ2) is 5.18. The van der Waals surface area contributed by atoms with E-state index in [1.807, 2.05) is 0 Å². The number of nitrogens with zero attached hydrogens (tertiary/aromatic N) is 1. The minimum Gasteiger partial charge on any atom is -0.468 e. The second-order valence-corrected chi connectivity index (χ2v) is 6.26. The zero-order chi connectivity index (χ0) is 14.0. The highest BCUT2D eigenvalue weighted by atomic mass is 32.2. The van der Waals surface area contributed by atoms with E-state index in [1.165, 1.54) is 23.5 Å². The summed E-state index contributed by atoms with van der Waals surface area (Å²) in [5.41, 5.74) is 5.97. The first-order valence-corrected chi connectivity index (χ1v) is 7.36. The molecule has 1 atom stereocenters. The number of rotatable bonds is 3. The van der Waals surface area contributed by atoms with Gasteiger partial charge in [-0.05, 0) is 31.0 Å². The summed E-state index contributed by atoms with van der Waals surface area (Å²) in [5, 5.41) is 0. The van der Waals surface area contributed by atoms with Gasteiger partial charge in [0.15, 0.2) is 0 Å². The van der Waals surface area contributed by atoms with Crippen molar-refractivity contribution in [3.05, 3.63) is 24.3 Å². The van der Waals surface area contributed by atoms with E-state index in [9.17, 15) is 13.2 Å². The number of carbonyl (C=O) groups excluding carboxylic acids is 1. The Morgan fingerprint density at radius 3 is 2.84 bits per heavy atom. The summed E-state index contributed by atoms with van der Waals surface area (Å²) < 4.78 is 30.8. The van der Waals surface area contributed by atoms with E-state index >= 15 is 0 Å². The van der Waals surface area contributed by atoms with E-state index in [0.717, 1.165) is 0 Å². The lowest BCUT2D eigenvalue weighted by molar-refractivity contribution is -0.144. The number of ether oxygens (including phenoxy) is 1. The van der Waals surface area contributed by atoms with Gasteiger partial charge in [0.1, 0.15) is 6.04 Å². The fourth-order valence-electron chi connectivity index (χ4n) is 2.21. The summed E-state index contributed by atoms with van der Waals surface area (Å²) in [7, 11) is -2.46. The topological polar surface area (TPSA) is 89.7 Å². The Morgan fingerprint density at radius 1 is 1.47 bits per heavy atom. The van der Waals surface area contributed by atoms with Gasteiger partial charge in [0, 0.05) is 12.2 Å². The number of hydrogen-bond donors (Lipinski definition) is 1. The van der Waals surface area contributed by atoms with Crippen LogP contribution < -0.4 is 5.73 Å². The van der Waals surface area contributed by atoms with Gasteiger partial charge in [0.2, 0.25) is 10.0 Å². The van der Waals surface area contributed by atoms with Crippen LogP contribution in [-0.4, -0.2) is 38.4 Å². The van der Waals surface area contributed by atoms with Gasteiger partial charge in [0.25, 0.3) is 0 Å². The molecular formula is C12H16N2O4S. The van der Waals surface area contributed by atoms with Crippen molar-refractivity contribution in [3.8, 4) is 0 Å². The van der Waals surface area contributed by atoms with Crippen molar-refractivity contribution in [2.24, 2.45) is 0 Å². The van der Waals surface area contributed by atoms with Crippen molar-refractivity contribution in [1.82, 2.24) is 4.31 Å². The number of sulfonamides is 1. The molecule has 0 unspecified atom stereocenters. The average molecular weight is 284 g/mol. The zero-order valence-corrected chi connectivity index (χ0v) is 11.4. The molecule has 19 heavy (non-hydrogen) atoms. The molecule has 1 aliphatic rings. The minimum absolute atomic E-state index is 0.100. The van der Waals surface area contributed by atoms with Crippen LogP contribution in [0.5, 0.6) is 0 Å². The molecule has 1 heterocycles. The number of nitrogens with two attached hydrogens (primary N) is 1. The maximum Gasteiger partial charge on any atom is 0.324 e. The number of benzene rings is 1. The van der Waals surface area contributed by atoms with E-state index in [4.69, 9.17) is 5.73 Å². The van der Waals surface area contributed by atoms with Gasteiger partial charge in [0.05, 0.1) is 12.0 Å². The van der Waals surface area contributed by atoms with Gasteiger partial charge in [-0.1, -0.05) is 6.07 Å². The maximum atomic E-state index is 12.5. The minimum atomic E-state index is -3.71. The van der Waals surface area contributed by atoms with Gasteiger partial charge in [-0.25, -0.2) is 8.42 Å². The Bertz CT molecular complexity index is 585. The maximum absolute atomic E-state index is 12.5. The molecule has 1 aromatic rings. The summed E-state index contributed by atoms with van der Waals surface area (Å²) in [4.78, 5) is 11.7. The summed E-state index contributed by atoms with van der Waals surface area (Å²) in [6, 6.07) is 5.31. The molecule has 1 aromatic carbocycles. The molecule has 1 saturated heterocycles. The average Bonchev–Trinajstić information content (AvgIpc) is 2.87. The van der Waals surface area contributed by atoms with E-state index in [0.29, 0.717) is 25.1 Å². The lowest BCUT2D eigenvalue weighted by Gasteiger charge is -2.22. The van der Waals surface area contributed by atoms with Crippen molar-refractivity contribution < 1.29 is 17.9 Å². The van der Waals surface area contributed by atoms with Crippen molar-refractivity contribution in [2.45, 2.75) is 23.8 Å². The predicted molar refractivity (Wildman–Crippen MR) is 69.8 cm³/mol.